The predicted octanol–water partition coefficient (Wildman–Crippen LogP) is 3.61. The van der Waals surface area contributed by atoms with Gasteiger partial charge in [0.25, 0.3) is 0 Å². The molecule has 0 saturated carbocycles. The van der Waals surface area contributed by atoms with Crippen LogP contribution in [0.25, 0.3) is 0 Å². The van der Waals surface area contributed by atoms with Crippen molar-refractivity contribution in [2.24, 2.45) is 0 Å². The van der Waals surface area contributed by atoms with Gasteiger partial charge in [-0.15, -0.1) is 0 Å². The van der Waals surface area contributed by atoms with E-state index in [0.717, 1.165) is 18.8 Å². The minimum absolute atomic E-state index is 0.690. The monoisotopic (exact) mass is 253 g/mol. The van der Waals surface area contributed by atoms with Crippen LogP contribution in [0.5, 0.6) is 0 Å². The second-order valence-electron chi connectivity index (χ2n) is 4.68. The maximum atomic E-state index is 8.76. The lowest BCUT2D eigenvalue weighted by Gasteiger charge is -2.08. The molecule has 0 unspecified atom stereocenters. The molecule has 98 valence electrons. The zero-order valence-electron chi connectivity index (χ0n) is 11.7. The number of aromatic nitrogens is 1. The Bertz CT molecular complexity index is 600. The summed E-state index contributed by atoms with van der Waals surface area (Å²) in [6.45, 7) is 8.28. The molecule has 19 heavy (non-hydrogen) atoms. The van der Waals surface area contributed by atoms with E-state index in [1.54, 1.807) is 0 Å². The number of nitriles is 1. The minimum atomic E-state index is 0.690. The summed E-state index contributed by atoms with van der Waals surface area (Å²) in [5.74, 6) is 0. The van der Waals surface area contributed by atoms with Gasteiger partial charge >= 0.3 is 0 Å². The number of aryl methyl sites for hydroxylation is 1. The molecule has 0 atom stereocenters. The van der Waals surface area contributed by atoms with E-state index in [-0.39, 0.29) is 0 Å². The van der Waals surface area contributed by atoms with Crippen LogP contribution in [-0.4, -0.2) is 4.57 Å². The molecule has 0 aliphatic rings. The van der Waals surface area contributed by atoms with Crippen molar-refractivity contribution in [3.63, 3.8) is 0 Å². The highest BCUT2D eigenvalue weighted by molar-refractivity contribution is 5.48. The average Bonchev–Trinajstić information content (AvgIpc) is 2.71. The molecule has 0 radical (unpaired) electrons. The molecule has 1 heterocycles. The lowest BCUT2D eigenvalue weighted by Crippen LogP contribution is -2.03. The number of nitrogens with zero attached hydrogens (tertiary/aromatic N) is 2. The fourth-order valence-electron chi connectivity index (χ4n) is 2.40. The normalized spacial score (nSPS) is 10.2. The molecule has 0 saturated heterocycles. The topological polar surface area (TPSA) is 40.8 Å². The van der Waals surface area contributed by atoms with Crippen molar-refractivity contribution in [1.29, 1.82) is 5.26 Å². The number of anilines is 1. The molecular formula is C16H19N3. The summed E-state index contributed by atoms with van der Waals surface area (Å²) < 4.78 is 2.32. The largest absolute Gasteiger partial charge is 0.381 e. The lowest BCUT2D eigenvalue weighted by molar-refractivity contribution is 0.715. The Morgan fingerprint density at radius 3 is 2.42 bits per heavy atom. The molecule has 0 amide bonds. The number of benzene rings is 1. The Labute approximate surface area is 114 Å². The second-order valence-corrected chi connectivity index (χ2v) is 4.68. The van der Waals surface area contributed by atoms with Gasteiger partial charge in [0.15, 0.2) is 0 Å². The van der Waals surface area contributed by atoms with Gasteiger partial charge in [0.05, 0.1) is 11.6 Å². The third-order valence-corrected chi connectivity index (χ3v) is 3.49. The molecule has 3 nitrogen and oxygen atoms in total. The fourth-order valence-corrected chi connectivity index (χ4v) is 2.40. The summed E-state index contributed by atoms with van der Waals surface area (Å²) in [4.78, 5) is 0. The zero-order chi connectivity index (χ0) is 13.8. The van der Waals surface area contributed by atoms with Gasteiger partial charge in [0.2, 0.25) is 0 Å². The quantitative estimate of drug-likeness (QED) is 0.904. The number of hydrogen-bond donors (Lipinski definition) is 1. The maximum Gasteiger partial charge on any atom is 0.0991 e. The average molecular weight is 253 g/mol. The van der Waals surface area contributed by atoms with E-state index in [2.05, 4.69) is 42.8 Å². The Balaban J connectivity index is 2.08. The highest BCUT2D eigenvalue weighted by atomic mass is 15.0. The molecule has 1 aromatic heterocycles. The van der Waals surface area contributed by atoms with Crippen molar-refractivity contribution in [2.75, 3.05) is 5.32 Å². The van der Waals surface area contributed by atoms with Gasteiger partial charge in [0.1, 0.15) is 0 Å². The summed E-state index contributed by atoms with van der Waals surface area (Å²) in [6.07, 6.45) is 0. The van der Waals surface area contributed by atoms with Crippen molar-refractivity contribution >= 4 is 5.69 Å². The van der Waals surface area contributed by atoms with Crippen molar-refractivity contribution < 1.29 is 0 Å². The van der Waals surface area contributed by atoms with Crippen LogP contribution in [0.1, 0.15) is 29.4 Å². The van der Waals surface area contributed by atoms with Crippen molar-refractivity contribution in [3.05, 3.63) is 52.8 Å². The maximum absolute atomic E-state index is 8.76. The number of hydrogen-bond acceptors (Lipinski definition) is 2. The molecular weight excluding hydrogens is 234 g/mol. The molecule has 0 aliphatic carbocycles. The summed E-state index contributed by atoms with van der Waals surface area (Å²) in [6, 6.07) is 11.9. The van der Waals surface area contributed by atoms with Gasteiger partial charge in [-0.1, -0.05) is 0 Å². The van der Waals surface area contributed by atoms with Crippen molar-refractivity contribution in [1.82, 2.24) is 4.57 Å². The zero-order valence-corrected chi connectivity index (χ0v) is 11.7. The molecule has 0 spiro atoms. The Morgan fingerprint density at radius 2 is 1.89 bits per heavy atom. The van der Waals surface area contributed by atoms with Gasteiger partial charge in [0, 0.05) is 30.2 Å². The van der Waals surface area contributed by atoms with E-state index in [4.69, 9.17) is 5.26 Å². The summed E-state index contributed by atoms with van der Waals surface area (Å²) in [5.41, 5.74) is 5.68. The minimum Gasteiger partial charge on any atom is -0.381 e. The van der Waals surface area contributed by atoms with Crippen LogP contribution in [0.15, 0.2) is 30.3 Å². The van der Waals surface area contributed by atoms with Crippen molar-refractivity contribution in [3.8, 4) is 6.07 Å². The highest BCUT2D eigenvalue weighted by Gasteiger charge is 2.07. The van der Waals surface area contributed by atoms with Crippen LogP contribution in [0, 0.1) is 25.2 Å². The van der Waals surface area contributed by atoms with Crippen LogP contribution >= 0.6 is 0 Å². The molecule has 2 rings (SSSR count). The third-order valence-electron chi connectivity index (χ3n) is 3.49. The van der Waals surface area contributed by atoms with Gasteiger partial charge in [-0.25, -0.2) is 0 Å². The summed E-state index contributed by atoms with van der Waals surface area (Å²) in [5, 5.41) is 12.2. The molecule has 2 aromatic rings. The highest BCUT2D eigenvalue weighted by Crippen LogP contribution is 2.17. The van der Waals surface area contributed by atoms with E-state index in [0.29, 0.717) is 5.56 Å². The van der Waals surface area contributed by atoms with E-state index in [1.165, 1.54) is 17.0 Å². The van der Waals surface area contributed by atoms with Crippen LogP contribution in [0.2, 0.25) is 0 Å². The Kier molecular flexibility index (Phi) is 3.91. The molecule has 0 bridgehead atoms. The molecule has 0 fully saturated rings. The van der Waals surface area contributed by atoms with E-state index >= 15 is 0 Å². The van der Waals surface area contributed by atoms with Crippen LogP contribution in [0.3, 0.4) is 0 Å². The molecule has 3 heteroatoms. The Morgan fingerprint density at radius 1 is 1.21 bits per heavy atom. The van der Waals surface area contributed by atoms with E-state index in [1.807, 2.05) is 24.3 Å². The van der Waals surface area contributed by atoms with Crippen LogP contribution < -0.4 is 5.32 Å². The van der Waals surface area contributed by atoms with Gasteiger partial charge < -0.3 is 9.88 Å². The second kappa shape index (κ2) is 5.62. The Hall–Kier alpha value is -2.21. The summed E-state index contributed by atoms with van der Waals surface area (Å²) >= 11 is 0. The summed E-state index contributed by atoms with van der Waals surface area (Å²) in [7, 11) is 0. The van der Waals surface area contributed by atoms with E-state index < -0.39 is 0 Å². The predicted molar refractivity (Wildman–Crippen MR) is 78.1 cm³/mol. The molecule has 1 aromatic carbocycles. The first-order chi connectivity index (χ1) is 9.15. The first-order valence-corrected chi connectivity index (χ1v) is 6.55. The van der Waals surface area contributed by atoms with E-state index in [9.17, 15) is 0 Å². The SMILES string of the molecule is CCn1c(C)cc(CNc2ccc(C#N)cc2)c1C. The molecule has 0 aliphatic heterocycles. The van der Waals surface area contributed by atoms with Crippen LogP contribution in [-0.2, 0) is 13.1 Å². The number of nitrogens with one attached hydrogen (secondary N) is 1. The standard InChI is InChI=1S/C16H19N3/c1-4-19-12(2)9-15(13(19)3)11-18-16-7-5-14(10-17)6-8-16/h5-9,18H,4,11H2,1-3H3. The van der Waals surface area contributed by atoms with Crippen molar-refractivity contribution in [2.45, 2.75) is 33.9 Å². The lowest BCUT2D eigenvalue weighted by atomic mass is 10.2. The first-order valence-electron chi connectivity index (χ1n) is 6.55. The molecule has 1 N–H and O–H groups in total. The third kappa shape index (κ3) is 2.79. The van der Waals surface area contributed by atoms with Gasteiger partial charge in [-0.2, -0.15) is 5.26 Å². The number of rotatable bonds is 4. The smallest absolute Gasteiger partial charge is 0.0991 e. The van der Waals surface area contributed by atoms with Crippen LogP contribution in [0.4, 0.5) is 5.69 Å². The fraction of sp³-hybridized carbons (Fsp3) is 0.312. The van der Waals surface area contributed by atoms with Gasteiger partial charge in [-0.05, 0) is 56.7 Å². The first kappa shape index (κ1) is 13.2. The van der Waals surface area contributed by atoms with Gasteiger partial charge in [-0.3, -0.25) is 0 Å².